The molecule has 0 amide bonds. The fraction of sp³-hybridized carbons (Fsp3) is 0.625. The van der Waals surface area contributed by atoms with Gasteiger partial charge in [0, 0.05) is 32.1 Å². The van der Waals surface area contributed by atoms with E-state index < -0.39 is 0 Å². The number of piperazine rings is 1. The summed E-state index contributed by atoms with van der Waals surface area (Å²) in [7, 11) is 0. The van der Waals surface area contributed by atoms with Gasteiger partial charge in [-0.1, -0.05) is 19.0 Å². The molecule has 3 heterocycles. The van der Waals surface area contributed by atoms with E-state index in [0.717, 1.165) is 50.2 Å². The number of hydrogen-bond donors (Lipinski definition) is 0. The highest BCUT2D eigenvalue weighted by Crippen LogP contribution is 2.22. The molecule has 6 nitrogen and oxygen atoms in total. The van der Waals surface area contributed by atoms with Gasteiger partial charge in [-0.05, 0) is 19.1 Å². The zero-order valence-corrected chi connectivity index (χ0v) is 13.5. The Kier molecular flexibility index (Phi) is 4.59. The van der Waals surface area contributed by atoms with Crippen molar-refractivity contribution in [1.29, 1.82) is 0 Å². The Labute approximate surface area is 131 Å². The Morgan fingerprint density at radius 3 is 2.55 bits per heavy atom. The fourth-order valence-corrected chi connectivity index (χ4v) is 2.74. The molecule has 1 aliphatic rings. The van der Waals surface area contributed by atoms with Gasteiger partial charge in [-0.15, -0.1) is 0 Å². The van der Waals surface area contributed by atoms with Crippen LogP contribution in [0.3, 0.4) is 0 Å². The average Bonchev–Trinajstić information content (AvgIpc) is 3.18. The molecular formula is C16H24N4O2. The van der Waals surface area contributed by atoms with Crippen molar-refractivity contribution < 1.29 is 8.94 Å². The molecule has 0 radical (unpaired) electrons. The molecule has 2 aromatic heterocycles. The molecule has 1 aliphatic heterocycles. The van der Waals surface area contributed by atoms with E-state index in [9.17, 15) is 0 Å². The molecule has 2 aromatic rings. The van der Waals surface area contributed by atoms with Crippen molar-refractivity contribution in [2.75, 3.05) is 26.2 Å². The molecule has 1 atom stereocenters. The van der Waals surface area contributed by atoms with Gasteiger partial charge in [0.25, 0.3) is 0 Å². The smallest absolute Gasteiger partial charge is 0.243 e. The minimum atomic E-state index is 0.172. The van der Waals surface area contributed by atoms with Crippen molar-refractivity contribution in [2.24, 2.45) is 0 Å². The molecule has 1 fully saturated rings. The van der Waals surface area contributed by atoms with Crippen LogP contribution in [0.2, 0.25) is 0 Å². The summed E-state index contributed by atoms with van der Waals surface area (Å²) < 4.78 is 10.8. The van der Waals surface area contributed by atoms with E-state index >= 15 is 0 Å². The Bertz CT molecular complexity index is 571. The maximum Gasteiger partial charge on any atom is 0.243 e. The third kappa shape index (κ3) is 3.39. The average molecular weight is 304 g/mol. The predicted molar refractivity (Wildman–Crippen MR) is 82.4 cm³/mol. The van der Waals surface area contributed by atoms with Crippen LogP contribution in [0, 0.1) is 0 Å². The lowest BCUT2D eigenvalue weighted by molar-refractivity contribution is 0.0808. The standard InChI is InChI=1S/C16H24N4O2/c1-12(2)15-17-16(22-18-15)13(3)20-8-6-19(7-9-20)11-14-5-4-10-21-14/h4-5,10,12-13H,6-9,11H2,1-3H3/t13-/m1/s1. The molecule has 0 unspecified atom stereocenters. The van der Waals surface area contributed by atoms with Gasteiger partial charge >= 0.3 is 0 Å². The van der Waals surface area contributed by atoms with Crippen molar-refractivity contribution in [1.82, 2.24) is 19.9 Å². The van der Waals surface area contributed by atoms with E-state index in [4.69, 9.17) is 8.94 Å². The number of furan rings is 1. The van der Waals surface area contributed by atoms with Gasteiger partial charge in [-0.2, -0.15) is 4.98 Å². The summed E-state index contributed by atoms with van der Waals surface area (Å²) in [6.45, 7) is 11.2. The van der Waals surface area contributed by atoms with Crippen LogP contribution in [0.25, 0.3) is 0 Å². The van der Waals surface area contributed by atoms with Crippen LogP contribution in [-0.4, -0.2) is 46.1 Å². The van der Waals surface area contributed by atoms with E-state index in [1.165, 1.54) is 0 Å². The lowest BCUT2D eigenvalue weighted by atomic mass is 10.2. The molecule has 22 heavy (non-hydrogen) atoms. The zero-order chi connectivity index (χ0) is 15.5. The number of rotatable bonds is 5. The highest BCUT2D eigenvalue weighted by Gasteiger charge is 2.26. The topological polar surface area (TPSA) is 58.5 Å². The summed E-state index contributed by atoms with van der Waals surface area (Å²) in [5.74, 6) is 2.84. The Hall–Kier alpha value is -1.66. The van der Waals surface area contributed by atoms with Crippen LogP contribution < -0.4 is 0 Å². The maximum absolute atomic E-state index is 5.42. The van der Waals surface area contributed by atoms with Gasteiger partial charge < -0.3 is 8.94 Å². The monoisotopic (exact) mass is 304 g/mol. The van der Waals surface area contributed by atoms with Gasteiger partial charge in [0.1, 0.15) is 5.76 Å². The van der Waals surface area contributed by atoms with Gasteiger partial charge in [-0.3, -0.25) is 9.80 Å². The van der Waals surface area contributed by atoms with Gasteiger partial charge in [-0.25, -0.2) is 0 Å². The summed E-state index contributed by atoms with van der Waals surface area (Å²) >= 11 is 0. The van der Waals surface area contributed by atoms with Crippen LogP contribution in [0.15, 0.2) is 27.3 Å². The first-order chi connectivity index (χ1) is 10.6. The molecule has 1 saturated heterocycles. The van der Waals surface area contributed by atoms with Gasteiger partial charge in [0.2, 0.25) is 5.89 Å². The van der Waals surface area contributed by atoms with Crippen LogP contribution in [0.4, 0.5) is 0 Å². The van der Waals surface area contributed by atoms with Gasteiger partial charge in [0.15, 0.2) is 5.82 Å². The second-order valence-electron chi connectivity index (χ2n) is 6.21. The minimum absolute atomic E-state index is 0.172. The van der Waals surface area contributed by atoms with Crippen molar-refractivity contribution in [3.05, 3.63) is 35.9 Å². The fourth-order valence-electron chi connectivity index (χ4n) is 2.74. The van der Waals surface area contributed by atoms with Crippen LogP contribution in [0.5, 0.6) is 0 Å². The van der Waals surface area contributed by atoms with Crippen LogP contribution in [0.1, 0.15) is 50.2 Å². The Balaban J connectivity index is 1.53. The van der Waals surface area contributed by atoms with Crippen LogP contribution >= 0.6 is 0 Å². The zero-order valence-electron chi connectivity index (χ0n) is 13.5. The second kappa shape index (κ2) is 6.62. The maximum atomic E-state index is 5.42. The molecule has 0 aliphatic carbocycles. The lowest BCUT2D eigenvalue weighted by Gasteiger charge is -2.36. The van der Waals surface area contributed by atoms with Crippen molar-refractivity contribution >= 4 is 0 Å². The number of hydrogen-bond acceptors (Lipinski definition) is 6. The van der Waals surface area contributed by atoms with E-state index in [2.05, 4.69) is 40.7 Å². The Morgan fingerprint density at radius 1 is 1.18 bits per heavy atom. The summed E-state index contributed by atoms with van der Waals surface area (Å²) in [5, 5.41) is 4.06. The van der Waals surface area contributed by atoms with Crippen molar-refractivity contribution in [3.63, 3.8) is 0 Å². The minimum Gasteiger partial charge on any atom is -0.468 e. The van der Waals surface area contributed by atoms with E-state index in [1.807, 2.05) is 12.1 Å². The molecule has 120 valence electrons. The first-order valence-electron chi connectivity index (χ1n) is 7.95. The summed E-state index contributed by atoms with van der Waals surface area (Å²) in [6.07, 6.45) is 1.73. The molecular weight excluding hydrogens is 280 g/mol. The summed E-state index contributed by atoms with van der Waals surface area (Å²) in [6, 6.07) is 4.14. The largest absolute Gasteiger partial charge is 0.468 e. The molecule has 3 rings (SSSR count). The van der Waals surface area contributed by atoms with Crippen molar-refractivity contribution in [2.45, 2.75) is 39.3 Å². The quantitative estimate of drug-likeness (QED) is 0.846. The second-order valence-corrected chi connectivity index (χ2v) is 6.21. The number of aromatic nitrogens is 2. The third-order valence-electron chi connectivity index (χ3n) is 4.25. The predicted octanol–water partition coefficient (Wildman–Crippen LogP) is 2.66. The molecule has 0 N–H and O–H groups in total. The van der Waals surface area contributed by atoms with Gasteiger partial charge in [0.05, 0.1) is 18.8 Å². The van der Waals surface area contributed by atoms with E-state index in [-0.39, 0.29) is 6.04 Å². The molecule has 6 heteroatoms. The van der Waals surface area contributed by atoms with E-state index in [0.29, 0.717) is 5.92 Å². The van der Waals surface area contributed by atoms with E-state index in [1.54, 1.807) is 6.26 Å². The normalized spacial score (nSPS) is 18.9. The third-order valence-corrected chi connectivity index (χ3v) is 4.25. The highest BCUT2D eigenvalue weighted by atomic mass is 16.5. The van der Waals surface area contributed by atoms with Crippen LogP contribution in [-0.2, 0) is 6.54 Å². The highest BCUT2D eigenvalue weighted by molar-refractivity contribution is 4.99. The first-order valence-corrected chi connectivity index (χ1v) is 7.95. The summed E-state index contributed by atoms with van der Waals surface area (Å²) in [5.41, 5.74) is 0. The molecule has 0 saturated carbocycles. The molecule has 0 aromatic carbocycles. The molecule has 0 spiro atoms. The molecule has 0 bridgehead atoms. The SMILES string of the molecule is CC(C)c1noc([C@@H](C)N2CCN(Cc3ccco3)CC2)n1. The number of nitrogens with zero attached hydrogens (tertiary/aromatic N) is 4. The summed E-state index contributed by atoms with van der Waals surface area (Å²) in [4.78, 5) is 9.33. The first kappa shape index (κ1) is 15.2. The Morgan fingerprint density at radius 2 is 1.95 bits per heavy atom. The van der Waals surface area contributed by atoms with Crippen molar-refractivity contribution in [3.8, 4) is 0 Å². The lowest BCUT2D eigenvalue weighted by Crippen LogP contribution is -2.46.